The van der Waals surface area contributed by atoms with Gasteiger partial charge in [0.1, 0.15) is 12.4 Å². The predicted molar refractivity (Wildman–Crippen MR) is 92.1 cm³/mol. The standard InChI is InChI=1S/C15H25NO3.C2H2O4/c1-14-5-3-6-15(13-14)19-12-11-18-10-8-16-7-4-9-17-2;3-1(4)2(5)6/h3,5-6,13,16H,4,7-12H2,1-2H3;(H,3,4)(H,5,6). The lowest BCUT2D eigenvalue weighted by atomic mass is 10.2. The van der Waals surface area contributed by atoms with Gasteiger partial charge in [-0.2, -0.15) is 0 Å². The van der Waals surface area contributed by atoms with Gasteiger partial charge in [0.25, 0.3) is 0 Å². The van der Waals surface area contributed by atoms with Crippen LogP contribution in [0.5, 0.6) is 5.75 Å². The minimum atomic E-state index is -1.82. The Morgan fingerprint density at radius 2 is 1.76 bits per heavy atom. The normalized spacial score (nSPS) is 9.84. The van der Waals surface area contributed by atoms with Gasteiger partial charge in [-0.05, 0) is 37.6 Å². The lowest BCUT2D eigenvalue weighted by molar-refractivity contribution is -0.159. The molecule has 0 atom stereocenters. The highest BCUT2D eigenvalue weighted by atomic mass is 16.5. The lowest BCUT2D eigenvalue weighted by Crippen LogP contribution is -2.22. The van der Waals surface area contributed by atoms with Crippen LogP contribution in [-0.4, -0.2) is 68.8 Å². The lowest BCUT2D eigenvalue weighted by Gasteiger charge is -2.08. The molecule has 25 heavy (non-hydrogen) atoms. The van der Waals surface area contributed by atoms with E-state index in [2.05, 4.69) is 18.3 Å². The van der Waals surface area contributed by atoms with Crippen molar-refractivity contribution in [2.45, 2.75) is 13.3 Å². The van der Waals surface area contributed by atoms with E-state index in [9.17, 15) is 0 Å². The molecular weight excluding hydrogens is 330 g/mol. The Balaban J connectivity index is 0.000000823. The topological polar surface area (TPSA) is 114 Å². The van der Waals surface area contributed by atoms with Crippen molar-refractivity contribution in [3.8, 4) is 5.75 Å². The Hall–Kier alpha value is -2.16. The van der Waals surface area contributed by atoms with Crippen molar-refractivity contribution in [2.24, 2.45) is 0 Å². The quantitative estimate of drug-likeness (QED) is 0.399. The number of carboxylic acid groups (broad SMARTS) is 2. The Morgan fingerprint density at radius 1 is 1.04 bits per heavy atom. The van der Waals surface area contributed by atoms with Gasteiger partial charge in [-0.25, -0.2) is 9.59 Å². The molecule has 0 aromatic heterocycles. The van der Waals surface area contributed by atoms with E-state index in [1.807, 2.05) is 18.2 Å². The van der Waals surface area contributed by atoms with Gasteiger partial charge < -0.3 is 29.7 Å². The van der Waals surface area contributed by atoms with Crippen molar-refractivity contribution in [3.05, 3.63) is 29.8 Å². The molecule has 8 nitrogen and oxygen atoms in total. The summed E-state index contributed by atoms with van der Waals surface area (Å²) in [6.45, 7) is 6.62. The summed E-state index contributed by atoms with van der Waals surface area (Å²) in [7, 11) is 1.72. The molecule has 0 saturated heterocycles. The second-order valence-electron chi connectivity index (χ2n) is 4.98. The minimum absolute atomic E-state index is 0.590. The van der Waals surface area contributed by atoms with Gasteiger partial charge in [0.2, 0.25) is 0 Å². The van der Waals surface area contributed by atoms with Crippen LogP contribution in [0.3, 0.4) is 0 Å². The summed E-state index contributed by atoms with van der Waals surface area (Å²) < 4.78 is 16.0. The number of benzene rings is 1. The van der Waals surface area contributed by atoms with Crippen LogP contribution in [0.1, 0.15) is 12.0 Å². The van der Waals surface area contributed by atoms with E-state index in [1.165, 1.54) is 5.56 Å². The first-order chi connectivity index (χ1) is 12.0. The van der Waals surface area contributed by atoms with E-state index >= 15 is 0 Å². The van der Waals surface area contributed by atoms with Gasteiger partial charge in [0, 0.05) is 20.3 Å². The average molecular weight is 357 g/mol. The number of rotatable bonds is 11. The van der Waals surface area contributed by atoms with Crippen LogP contribution in [-0.2, 0) is 19.1 Å². The fourth-order valence-electron chi connectivity index (χ4n) is 1.64. The van der Waals surface area contributed by atoms with Gasteiger partial charge in [0.05, 0.1) is 13.2 Å². The summed E-state index contributed by atoms with van der Waals surface area (Å²) in [6.07, 6.45) is 1.03. The van der Waals surface area contributed by atoms with E-state index in [0.29, 0.717) is 19.8 Å². The maximum absolute atomic E-state index is 9.10. The Morgan fingerprint density at radius 3 is 2.36 bits per heavy atom. The van der Waals surface area contributed by atoms with Crippen LogP contribution in [0.25, 0.3) is 0 Å². The van der Waals surface area contributed by atoms with Crippen molar-refractivity contribution >= 4 is 11.9 Å². The zero-order valence-electron chi connectivity index (χ0n) is 14.7. The molecular formula is C17H27NO7. The molecule has 0 radical (unpaired) electrons. The SMILES string of the molecule is COCCCNCCOCCOc1cccc(C)c1.O=C(O)C(=O)O. The minimum Gasteiger partial charge on any atom is -0.491 e. The highest BCUT2D eigenvalue weighted by Crippen LogP contribution is 2.11. The van der Waals surface area contributed by atoms with E-state index in [0.717, 1.165) is 31.9 Å². The third kappa shape index (κ3) is 15.1. The number of ether oxygens (including phenoxy) is 3. The summed E-state index contributed by atoms with van der Waals surface area (Å²) in [6, 6.07) is 8.04. The van der Waals surface area contributed by atoms with Gasteiger partial charge >= 0.3 is 11.9 Å². The molecule has 0 fully saturated rings. The van der Waals surface area contributed by atoms with Crippen molar-refractivity contribution < 1.29 is 34.0 Å². The molecule has 1 rings (SSSR count). The summed E-state index contributed by atoms with van der Waals surface area (Å²) in [5.41, 5.74) is 1.21. The second kappa shape index (κ2) is 15.4. The maximum Gasteiger partial charge on any atom is 0.414 e. The van der Waals surface area contributed by atoms with Gasteiger partial charge in [-0.15, -0.1) is 0 Å². The van der Waals surface area contributed by atoms with E-state index in [-0.39, 0.29) is 0 Å². The zero-order chi connectivity index (χ0) is 18.9. The summed E-state index contributed by atoms with van der Waals surface area (Å²) in [4.78, 5) is 18.2. The molecule has 0 spiro atoms. The van der Waals surface area contributed by atoms with E-state index in [1.54, 1.807) is 7.11 Å². The third-order valence-corrected chi connectivity index (χ3v) is 2.79. The number of hydrogen-bond donors (Lipinski definition) is 3. The van der Waals surface area contributed by atoms with E-state index in [4.69, 9.17) is 34.0 Å². The molecule has 0 amide bonds. The summed E-state index contributed by atoms with van der Waals surface area (Å²) in [5, 5.41) is 18.1. The number of nitrogens with one attached hydrogen (secondary N) is 1. The molecule has 0 aliphatic carbocycles. The molecule has 8 heteroatoms. The second-order valence-corrected chi connectivity index (χ2v) is 4.98. The van der Waals surface area contributed by atoms with Crippen LogP contribution in [0.4, 0.5) is 0 Å². The number of aryl methyl sites for hydroxylation is 1. The number of aliphatic carboxylic acids is 2. The fraction of sp³-hybridized carbons (Fsp3) is 0.529. The molecule has 3 N–H and O–H groups in total. The molecule has 0 saturated carbocycles. The smallest absolute Gasteiger partial charge is 0.414 e. The van der Waals surface area contributed by atoms with Crippen molar-refractivity contribution in [1.82, 2.24) is 5.32 Å². The van der Waals surface area contributed by atoms with E-state index < -0.39 is 11.9 Å². The van der Waals surface area contributed by atoms with Gasteiger partial charge in [0.15, 0.2) is 0 Å². The van der Waals surface area contributed by atoms with Crippen molar-refractivity contribution in [3.63, 3.8) is 0 Å². The Kier molecular flexibility index (Phi) is 14.0. The Labute approximate surface area is 147 Å². The molecule has 0 aliphatic heterocycles. The Bertz CT molecular complexity index is 482. The number of hydrogen-bond acceptors (Lipinski definition) is 6. The van der Waals surface area contributed by atoms with Gasteiger partial charge in [-0.3, -0.25) is 0 Å². The van der Waals surface area contributed by atoms with Crippen molar-refractivity contribution in [2.75, 3.05) is 46.6 Å². The van der Waals surface area contributed by atoms with Crippen LogP contribution < -0.4 is 10.1 Å². The van der Waals surface area contributed by atoms with Crippen LogP contribution in [0, 0.1) is 6.92 Å². The number of carboxylic acids is 2. The van der Waals surface area contributed by atoms with Crippen LogP contribution >= 0.6 is 0 Å². The highest BCUT2D eigenvalue weighted by Gasteiger charge is 2.04. The molecule has 1 aromatic carbocycles. The number of methoxy groups -OCH3 is 1. The van der Waals surface area contributed by atoms with Crippen LogP contribution in [0.15, 0.2) is 24.3 Å². The summed E-state index contributed by atoms with van der Waals surface area (Å²) >= 11 is 0. The van der Waals surface area contributed by atoms with Crippen LogP contribution in [0.2, 0.25) is 0 Å². The fourth-order valence-corrected chi connectivity index (χ4v) is 1.64. The molecule has 0 bridgehead atoms. The summed E-state index contributed by atoms with van der Waals surface area (Å²) in [5.74, 6) is -2.74. The highest BCUT2D eigenvalue weighted by molar-refractivity contribution is 6.27. The first-order valence-corrected chi connectivity index (χ1v) is 7.90. The third-order valence-electron chi connectivity index (χ3n) is 2.79. The average Bonchev–Trinajstić information content (AvgIpc) is 2.57. The molecule has 142 valence electrons. The maximum atomic E-state index is 9.10. The largest absolute Gasteiger partial charge is 0.491 e. The van der Waals surface area contributed by atoms with Crippen molar-refractivity contribution in [1.29, 1.82) is 0 Å². The zero-order valence-corrected chi connectivity index (χ0v) is 14.7. The molecule has 0 aliphatic rings. The first-order valence-electron chi connectivity index (χ1n) is 7.90. The predicted octanol–water partition coefficient (Wildman–Crippen LogP) is 1.17. The molecule has 0 unspecified atom stereocenters. The molecule has 0 heterocycles. The molecule has 1 aromatic rings. The van der Waals surface area contributed by atoms with Gasteiger partial charge in [-0.1, -0.05) is 12.1 Å². The number of carbonyl (C=O) groups is 2. The first kappa shape index (κ1) is 22.8. The monoisotopic (exact) mass is 357 g/mol.